The third-order valence-corrected chi connectivity index (χ3v) is 3.87. The summed E-state index contributed by atoms with van der Waals surface area (Å²) >= 11 is 1.96. The average Bonchev–Trinajstić information content (AvgIpc) is 2.49. The third kappa shape index (κ3) is 1.66. The number of rotatable bonds is 1. The molecule has 1 heterocycles. The monoisotopic (exact) mass is 190 g/mol. The Hall–Kier alpha value is -0.690. The maximum atomic E-state index is 2.38. The van der Waals surface area contributed by atoms with E-state index in [0.29, 0.717) is 0 Å². The van der Waals surface area contributed by atoms with Gasteiger partial charge in [0.05, 0.1) is 0 Å². The summed E-state index contributed by atoms with van der Waals surface area (Å²) in [4.78, 5) is 1.45. The smallest absolute Gasteiger partial charge is 0.0208 e. The van der Waals surface area contributed by atoms with Crippen LogP contribution in [0.3, 0.4) is 0 Å². The van der Waals surface area contributed by atoms with Crippen molar-refractivity contribution in [3.63, 3.8) is 0 Å². The Labute approximate surface area is 84.0 Å². The number of benzene rings is 1. The van der Waals surface area contributed by atoms with Crippen molar-refractivity contribution in [1.29, 1.82) is 0 Å². The summed E-state index contributed by atoms with van der Waals surface area (Å²) in [5.74, 6) is 1.18. The van der Waals surface area contributed by atoms with Gasteiger partial charge in [0, 0.05) is 11.2 Å². The number of allylic oxidation sites excluding steroid dienone is 2. The van der Waals surface area contributed by atoms with Crippen LogP contribution >= 0.6 is 11.8 Å². The van der Waals surface area contributed by atoms with Crippen molar-refractivity contribution >= 4 is 11.8 Å². The van der Waals surface area contributed by atoms with Crippen LogP contribution in [0.2, 0.25) is 0 Å². The second kappa shape index (κ2) is 3.22. The molecule has 0 nitrogen and oxygen atoms in total. The van der Waals surface area contributed by atoms with Gasteiger partial charge in [-0.2, -0.15) is 0 Å². The van der Waals surface area contributed by atoms with Gasteiger partial charge in [-0.15, -0.1) is 11.8 Å². The quantitative estimate of drug-likeness (QED) is 0.652. The van der Waals surface area contributed by atoms with E-state index in [2.05, 4.69) is 50.3 Å². The van der Waals surface area contributed by atoms with E-state index < -0.39 is 0 Å². The zero-order valence-electron chi connectivity index (χ0n) is 8.08. The Balaban J connectivity index is 2.37. The third-order valence-electron chi connectivity index (χ3n) is 2.55. The molecule has 1 heteroatoms. The Morgan fingerprint density at radius 3 is 2.46 bits per heavy atom. The zero-order valence-corrected chi connectivity index (χ0v) is 8.90. The maximum absolute atomic E-state index is 2.38. The molecule has 13 heavy (non-hydrogen) atoms. The molecule has 0 saturated heterocycles. The lowest BCUT2D eigenvalue weighted by molar-refractivity contribution is 0.691. The average molecular weight is 190 g/mol. The normalized spacial score (nSPS) is 27.4. The van der Waals surface area contributed by atoms with E-state index in [1.807, 2.05) is 11.8 Å². The minimum Gasteiger partial charge on any atom is -0.130 e. The molecule has 0 fully saturated rings. The van der Waals surface area contributed by atoms with E-state index >= 15 is 0 Å². The van der Waals surface area contributed by atoms with Crippen LogP contribution in [0.15, 0.2) is 41.3 Å². The van der Waals surface area contributed by atoms with Gasteiger partial charge < -0.3 is 0 Å². The van der Waals surface area contributed by atoms with E-state index in [9.17, 15) is 0 Å². The minimum absolute atomic E-state index is 0.260. The van der Waals surface area contributed by atoms with Crippen molar-refractivity contribution in [1.82, 2.24) is 0 Å². The Bertz CT molecular complexity index is 326. The molecule has 0 spiro atoms. The van der Waals surface area contributed by atoms with Gasteiger partial charge >= 0.3 is 0 Å². The fraction of sp³-hybridized carbons (Fsp3) is 0.333. The highest BCUT2D eigenvalue weighted by Crippen LogP contribution is 2.39. The van der Waals surface area contributed by atoms with Gasteiger partial charge in [0.1, 0.15) is 0 Å². The van der Waals surface area contributed by atoms with Crippen LogP contribution in [-0.4, -0.2) is 5.75 Å². The van der Waals surface area contributed by atoms with Crippen molar-refractivity contribution in [2.45, 2.75) is 19.3 Å². The highest BCUT2D eigenvalue weighted by Gasteiger charge is 2.28. The minimum atomic E-state index is 0.260. The molecular formula is C12H14S. The molecule has 1 aliphatic rings. The van der Waals surface area contributed by atoms with Gasteiger partial charge in [-0.05, 0) is 17.4 Å². The second-order valence-corrected chi connectivity index (χ2v) is 5.05. The SMILES string of the molecule is CC1=CC(C)(c2ccccc2)CS1. The topological polar surface area (TPSA) is 0 Å². The van der Waals surface area contributed by atoms with Crippen LogP contribution < -0.4 is 0 Å². The van der Waals surface area contributed by atoms with Crippen molar-refractivity contribution < 1.29 is 0 Å². The zero-order chi connectivity index (χ0) is 9.31. The summed E-state index contributed by atoms with van der Waals surface area (Å²) < 4.78 is 0. The van der Waals surface area contributed by atoms with Crippen molar-refractivity contribution in [2.75, 3.05) is 5.75 Å². The van der Waals surface area contributed by atoms with Crippen LogP contribution in [-0.2, 0) is 5.41 Å². The molecule has 68 valence electrons. The summed E-state index contributed by atoms with van der Waals surface area (Å²) in [5, 5.41) is 0. The van der Waals surface area contributed by atoms with E-state index in [0.717, 1.165) is 0 Å². The van der Waals surface area contributed by atoms with Crippen molar-refractivity contribution in [2.24, 2.45) is 0 Å². The first-order valence-electron chi connectivity index (χ1n) is 4.58. The molecule has 0 saturated carbocycles. The molecule has 2 rings (SSSR count). The van der Waals surface area contributed by atoms with Crippen LogP contribution in [0.25, 0.3) is 0 Å². The standard InChI is InChI=1S/C12H14S/c1-10-8-12(2,9-13-10)11-6-4-3-5-7-11/h3-8H,9H2,1-2H3. The van der Waals surface area contributed by atoms with Crippen LogP contribution in [0.5, 0.6) is 0 Å². The Morgan fingerprint density at radius 2 is 1.92 bits per heavy atom. The van der Waals surface area contributed by atoms with Crippen LogP contribution in [0.4, 0.5) is 0 Å². The molecule has 0 radical (unpaired) electrons. The highest BCUT2D eigenvalue weighted by molar-refractivity contribution is 8.03. The fourth-order valence-electron chi connectivity index (χ4n) is 1.78. The molecule has 1 aromatic carbocycles. The number of hydrogen-bond acceptors (Lipinski definition) is 1. The molecule has 0 aliphatic carbocycles. The van der Waals surface area contributed by atoms with Gasteiger partial charge in [-0.25, -0.2) is 0 Å². The van der Waals surface area contributed by atoms with Crippen molar-refractivity contribution in [3.8, 4) is 0 Å². The Kier molecular flexibility index (Phi) is 2.20. The summed E-state index contributed by atoms with van der Waals surface area (Å²) in [6.07, 6.45) is 2.38. The first kappa shape index (κ1) is 8.89. The van der Waals surface area contributed by atoms with E-state index in [-0.39, 0.29) is 5.41 Å². The van der Waals surface area contributed by atoms with Gasteiger partial charge in [0.2, 0.25) is 0 Å². The maximum Gasteiger partial charge on any atom is 0.0208 e. The molecular weight excluding hydrogens is 176 g/mol. The first-order valence-corrected chi connectivity index (χ1v) is 5.57. The molecule has 0 N–H and O–H groups in total. The largest absolute Gasteiger partial charge is 0.130 e. The molecule has 0 aromatic heterocycles. The van der Waals surface area contributed by atoms with E-state index in [4.69, 9.17) is 0 Å². The summed E-state index contributed by atoms with van der Waals surface area (Å²) in [6.45, 7) is 4.50. The lowest BCUT2D eigenvalue weighted by Gasteiger charge is -2.21. The summed E-state index contributed by atoms with van der Waals surface area (Å²) in [6, 6.07) is 10.7. The predicted molar refractivity (Wildman–Crippen MR) is 60.0 cm³/mol. The Morgan fingerprint density at radius 1 is 1.23 bits per heavy atom. The summed E-state index contributed by atoms with van der Waals surface area (Å²) in [7, 11) is 0. The van der Waals surface area contributed by atoms with Crippen LogP contribution in [0, 0.1) is 0 Å². The van der Waals surface area contributed by atoms with E-state index in [1.54, 1.807) is 0 Å². The van der Waals surface area contributed by atoms with Crippen molar-refractivity contribution in [3.05, 3.63) is 46.9 Å². The molecule has 1 atom stereocenters. The number of thioether (sulfide) groups is 1. The first-order chi connectivity index (χ1) is 6.21. The summed E-state index contributed by atoms with van der Waals surface area (Å²) in [5.41, 5.74) is 1.69. The van der Waals surface area contributed by atoms with Gasteiger partial charge in [0.15, 0.2) is 0 Å². The molecule has 1 aliphatic heterocycles. The lowest BCUT2D eigenvalue weighted by atomic mass is 9.84. The van der Waals surface area contributed by atoms with Gasteiger partial charge in [-0.3, -0.25) is 0 Å². The number of hydrogen-bond donors (Lipinski definition) is 0. The molecule has 1 unspecified atom stereocenters. The second-order valence-electron chi connectivity index (χ2n) is 3.83. The van der Waals surface area contributed by atoms with Crippen LogP contribution in [0.1, 0.15) is 19.4 Å². The highest BCUT2D eigenvalue weighted by atomic mass is 32.2. The fourth-order valence-corrected chi connectivity index (χ4v) is 2.90. The lowest BCUT2D eigenvalue weighted by Crippen LogP contribution is -2.18. The molecule has 0 amide bonds. The van der Waals surface area contributed by atoms with E-state index in [1.165, 1.54) is 16.2 Å². The molecule has 1 aromatic rings. The molecule has 0 bridgehead atoms. The van der Waals surface area contributed by atoms with Gasteiger partial charge in [0.25, 0.3) is 0 Å². The van der Waals surface area contributed by atoms with Gasteiger partial charge in [-0.1, -0.05) is 43.3 Å². The predicted octanol–water partition coefficient (Wildman–Crippen LogP) is 3.59.